The summed E-state index contributed by atoms with van der Waals surface area (Å²) in [5, 5.41) is 0. The fraction of sp³-hybridized carbons (Fsp3) is 0.500. The highest BCUT2D eigenvalue weighted by molar-refractivity contribution is 5.79. The number of ether oxygens (including phenoxy) is 3. The molecule has 0 radical (unpaired) electrons. The van der Waals surface area contributed by atoms with Crippen LogP contribution < -0.4 is 9.47 Å². The van der Waals surface area contributed by atoms with E-state index in [9.17, 15) is 4.79 Å². The van der Waals surface area contributed by atoms with Crippen LogP contribution in [0.3, 0.4) is 0 Å². The Morgan fingerprint density at radius 3 is 2.94 bits per heavy atom. The standard InChI is InChI=1S/C14H18O4/c1-10(15)8-11-4-3-5-13(14(11)16-2)18-12-6-7-17-9-12/h3-5,12H,6-9H2,1-2H3. The van der Waals surface area contributed by atoms with Crippen LogP contribution in [-0.2, 0) is 16.0 Å². The monoisotopic (exact) mass is 250 g/mol. The van der Waals surface area contributed by atoms with E-state index in [1.807, 2.05) is 18.2 Å². The van der Waals surface area contributed by atoms with Crippen LogP contribution in [0.5, 0.6) is 11.5 Å². The average molecular weight is 250 g/mol. The summed E-state index contributed by atoms with van der Waals surface area (Å²) in [5.41, 5.74) is 0.862. The van der Waals surface area contributed by atoms with Gasteiger partial charge in [0.25, 0.3) is 0 Å². The first-order valence-electron chi connectivity index (χ1n) is 6.10. The zero-order chi connectivity index (χ0) is 13.0. The van der Waals surface area contributed by atoms with Crippen LogP contribution >= 0.6 is 0 Å². The molecule has 1 atom stereocenters. The van der Waals surface area contributed by atoms with Gasteiger partial charge in [-0.3, -0.25) is 4.79 Å². The lowest BCUT2D eigenvalue weighted by Gasteiger charge is -2.17. The van der Waals surface area contributed by atoms with Gasteiger partial charge in [-0.2, -0.15) is 0 Å². The fourth-order valence-corrected chi connectivity index (χ4v) is 2.08. The minimum Gasteiger partial charge on any atom is -0.493 e. The van der Waals surface area contributed by atoms with Gasteiger partial charge < -0.3 is 14.2 Å². The van der Waals surface area contributed by atoms with E-state index in [2.05, 4.69) is 0 Å². The van der Waals surface area contributed by atoms with Crippen molar-refractivity contribution < 1.29 is 19.0 Å². The Labute approximate surface area is 107 Å². The van der Waals surface area contributed by atoms with Gasteiger partial charge in [-0.15, -0.1) is 0 Å². The Balaban J connectivity index is 2.19. The molecule has 1 unspecified atom stereocenters. The van der Waals surface area contributed by atoms with Crippen LogP contribution in [0.15, 0.2) is 18.2 Å². The second kappa shape index (κ2) is 5.87. The van der Waals surface area contributed by atoms with Crippen LogP contribution in [0.25, 0.3) is 0 Å². The number of hydrogen-bond donors (Lipinski definition) is 0. The Bertz CT molecular complexity index is 422. The van der Waals surface area contributed by atoms with Crippen LogP contribution in [0.2, 0.25) is 0 Å². The largest absolute Gasteiger partial charge is 0.493 e. The van der Waals surface area contributed by atoms with Gasteiger partial charge in [-0.1, -0.05) is 12.1 Å². The molecule has 98 valence electrons. The van der Waals surface area contributed by atoms with E-state index in [1.54, 1.807) is 14.0 Å². The number of hydrogen-bond acceptors (Lipinski definition) is 4. The van der Waals surface area contributed by atoms with Gasteiger partial charge in [0.15, 0.2) is 11.5 Å². The summed E-state index contributed by atoms with van der Waals surface area (Å²) in [7, 11) is 1.59. The second-order valence-electron chi connectivity index (χ2n) is 4.43. The van der Waals surface area contributed by atoms with Crippen LogP contribution in [-0.4, -0.2) is 32.2 Å². The van der Waals surface area contributed by atoms with Gasteiger partial charge in [0, 0.05) is 18.4 Å². The molecule has 4 heteroatoms. The van der Waals surface area contributed by atoms with Gasteiger partial charge in [0.1, 0.15) is 11.9 Å². The highest BCUT2D eigenvalue weighted by atomic mass is 16.6. The van der Waals surface area contributed by atoms with E-state index in [-0.39, 0.29) is 11.9 Å². The number of carbonyl (C=O) groups is 1. The Hall–Kier alpha value is -1.55. The molecule has 0 N–H and O–H groups in total. The van der Waals surface area contributed by atoms with Gasteiger partial charge in [-0.25, -0.2) is 0 Å². The van der Waals surface area contributed by atoms with Crippen molar-refractivity contribution in [2.75, 3.05) is 20.3 Å². The molecule has 1 aliphatic heterocycles. The average Bonchev–Trinajstić information content (AvgIpc) is 2.81. The summed E-state index contributed by atoms with van der Waals surface area (Å²) in [6.07, 6.45) is 1.33. The smallest absolute Gasteiger partial charge is 0.164 e. The third-order valence-electron chi connectivity index (χ3n) is 2.89. The van der Waals surface area contributed by atoms with Crippen molar-refractivity contribution in [1.82, 2.24) is 0 Å². The van der Waals surface area contributed by atoms with E-state index in [0.717, 1.165) is 18.6 Å². The first-order chi connectivity index (χ1) is 8.70. The zero-order valence-electron chi connectivity index (χ0n) is 10.8. The van der Waals surface area contributed by atoms with E-state index in [4.69, 9.17) is 14.2 Å². The third kappa shape index (κ3) is 3.01. The third-order valence-corrected chi connectivity index (χ3v) is 2.89. The maximum absolute atomic E-state index is 11.2. The molecular weight excluding hydrogens is 232 g/mol. The zero-order valence-corrected chi connectivity index (χ0v) is 10.8. The van der Waals surface area contributed by atoms with Crippen LogP contribution in [0.1, 0.15) is 18.9 Å². The predicted octanol–water partition coefficient (Wildman–Crippen LogP) is 1.99. The van der Waals surface area contributed by atoms with Gasteiger partial charge in [0.05, 0.1) is 20.3 Å². The minimum absolute atomic E-state index is 0.0754. The summed E-state index contributed by atoms with van der Waals surface area (Å²) in [4.78, 5) is 11.2. The quantitative estimate of drug-likeness (QED) is 0.801. The molecular formula is C14H18O4. The molecule has 1 fully saturated rings. The van der Waals surface area contributed by atoms with Crippen molar-refractivity contribution in [1.29, 1.82) is 0 Å². The molecule has 1 saturated heterocycles. The molecule has 1 heterocycles. The number of benzene rings is 1. The molecule has 0 aromatic heterocycles. The second-order valence-corrected chi connectivity index (χ2v) is 4.43. The molecule has 0 saturated carbocycles. The van der Waals surface area contributed by atoms with E-state index in [1.165, 1.54) is 0 Å². The van der Waals surface area contributed by atoms with Gasteiger partial charge in [0.2, 0.25) is 0 Å². The number of Topliss-reactive ketones (excluding diaryl/α,β-unsaturated/α-hetero) is 1. The first kappa shape index (κ1) is 12.9. The Kier molecular flexibility index (Phi) is 4.20. The maximum atomic E-state index is 11.2. The van der Waals surface area contributed by atoms with Crippen molar-refractivity contribution in [3.8, 4) is 11.5 Å². The van der Waals surface area contributed by atoms with E-state index < -0.39 is 0 Å². The lowest BCUT2D eigenvalue weighted by molar-refractivity contribution is -0.116. The molecule has 1 aromatic carbocycles. The normalized spacial score (nSPS) is 18.7. The van der Waals surface area contributed by atoms with E-state index in [0.29, 0.717) is 24.5 Å². The topological polar surface area (TPSA) is 44.8 Å². The van der Waals surface area contributed by atoms with Crippen LogP contribution in [0, 0.1) is 0 Å². The highest BCUT2D eigenvalue weighted by Gasteiger charge is 2.20. The fourth-order valence-electron chi connectivity index (χ4n) is 2.08. The molecule has 0 spiro atoms. The minimum atomic E-state index is 0.0754. The molecule has 0 amide bonds. The molecule has 1 aliphatic rings. The van der Waals surface area contributed by atoms with Crippen molar-refractivity contribution >= 4 is 5.78 Å². The summed E-state index contributed by atoms with van der Waals surface area (Å²) < 4.78 is 16.5. The molecule has 18 heavy (non-hydrogen) atoms. The highest BCUT2D eigenvalue weighted by Crippen LogP contribution is 2.33. The Morgan fingerprint density at radius 2 is 2.33 bits per heavy atom. The summed E-state index contributed by atoms with van der Waals surface area (Å²) >= 11 is 0. The van der Waals surface area contributed by atoms with Crippen molar-refractivity contribution in [2.45, 2.75) is 25.9 Å². The number of methoxy groups -OCH3 is 1. The number of carbonyl (C=O) groups excluding carboxylic acids is 1. The Morgan fingerprint density at radius 1 is 1.50 bits per heavy atom. The molecule has 1 aromatic rings. The lowest BCUT2D eigenvalue weighted by Crippen LogP contribution is -2.16. The maximum Gasteiger partial charge on any atom is 0.164 e. The summed E-state index contributed by atoms with van der Waals surface area (Å²) in [6.45, 7) is 2.91. The summed E-state index contributed by atoms with van der Waals surface area (Å²) in [5.74, 6) is 1.45. The number of ketones is 1. The van der Waals surface area contributed by atoms with Crippen molar-refractivity contribution in [3.63, 3.8) is 0 Å². The molecule has 0 bridgehead atoms. The van der Waals surface area contributed by atoms with Crippen molar-refractivity contribution in [2.24, 2.45) is 0 Å². The lowest BCUT2D eigenvalue weighted by atomic mass is 10.1. The number of rotatable bonds is 5. The molecule has 0 aliphatic carbocycles. The van der Waals surface area contributed by atoms with Crippen LogP contribution in [0.4, 0.5) is 0 Å². The van der Waals surface area contributed by atoms with Crippen molar-refractivity contribution in [3.05, 3.63) is 23.8 Å². The molecule has 2 rings (SSSR count). The van der Waals surface area contributed by atoms with E-state index >= 15 is 0 Å². The predicted molar refractivity (Wildman–Crippen MR) is 67.2 cm³/mol. The first-order valence-corrected chi connectivity index (χ1v) is 6.10. The SMILES string of the molecule is COc1c(CC(C)=O)cccc1OC1CCOC1. The summed E-state index contributed by atoms with van der Waals surface area (Å²) in [6, 6.07) is 5.63. The number of para-hydroxylation sites is 1. The molecule has 4 nitrogen and oxygen atoms in total. The van der Waals surface area contributed by atoms with Gasteiger partial charge in [-0.05, 0) is 13.0 Å². The van der Waals surface area contributed by atoms with Gasteiger partial charge >= 0.3 is 0 Å².